The van der Waals surface area contributed by atoms with E-state index in [0.29, 0.717) is 6.61 Å². The van der Waals surface area contributed by atoms with Gasteiger partial charge in [0.05, 0.1) is 23.0 Å². The highest BCUT2D eigenvalue weighted by atomic mass is 35.5. The van der Waals surface area contributed by atoms with Crippen LogP contribution in [-0.4, -0.2) is 59.1 Å². The van der Waals surface area contributed by atoms with Crippen molar-refractivity contribution >= 4 is 27.4 Å². The number of aromatic nitrogens is 3. The van der Waals surface area contributed by atoms with Gasteiger partial charge in [-0.2, -0.15) is 17.5 Å². The number of anilines is 1. The first-order chi connectivity index (χ1) is 15.1. The number of sulfonamides is 1. The zero-order chi connectivity index (χ0) is 23.1. The molecule has 13 heteroatoms. The van der Waals surface area contributed by atoms with Crippen LogP contribution in [0.5, 0.6) is 0 Å². The van der Waals surface area contributed by atoms with E-state index in [0.717, 1.165) is 31.5 Å². The first-order valence-electron chi connectivity index (χ1n) is 10.1. The molecule has 2 fully saturated rings. The average molecular weight is 494 g/mol. The third-order valence-corrected chi connectivity index (χ3v) is 7.82. The van der Waals surface area contributed by atoms with Gasteiger partial charge in [-0.15, -0.1) is 0 Å². The Balaban J connectivity index is 1.61. The first-order valence-corrected chi connectivity index (χ1v) is 12.0. The molecule has 0 aliphatic carbocycles. The van der Waals surface area contributed by atoms with Crippen LogP contribution in [0.4, 0.5) is 19.0 Å². The second-order valence-corrected chi connectivity index (χ2v) is 10.4. The van der Waals surface area contributed by atoms with Crippen LogP contribution in [0.1, 0.15) is 24.8 Å². The molecule has 3 unspecified atom stereocenters. The maximum absolute atomic E-state index is 13.3. The van der Waals surface area contributed by atoms with Gasteiger partial charge in [-0.05, 0) is 25.3 Å². The van der Waals surface area contributed by atoms with Crippen molar-refractivity contribution in [2.45, 2.75) is 42.6 Å². The number of rotatable bonds is 5. The first kappa shape index (κ1) is 23.3. The number of ether oxygens (including phenoxy) is 1. The molecular weight excluding hydrogens is 471 g/mol. The lowest BCUT2D eigenvalue weighted by Crippen LogP contribution is -2.39. The molecule has 4 heterocycles. The SMILES string of the molecule is Cn1cnc(S(=O)(=O)N2CC(Nc3cc(C(F)(F)F)c(Cl)cn3)C(C3CCCCO3)C2)c1. The molecular formula is C19H23ClF3N5O3S. The Hall–Kier alpha value is -1.89. The molecule has 176 valence electrons. The van der Waals surface area contributed by atoms with Crippen molar-refractivity contribution in [1.29, 1.82) is 0 Å². The van der Waals surface area contributed by atoms with E-state index < -0.39 is 32.8 Å². The summed E-state index contributed by atoms with van der Waals surface area (Å²) in [7, 11) is -2.20. The summed E-state index contributed by atoms with van der Waals surface area (Å²) in [6.45, 7) is 0.786. The lowest BCUT2D eigenvalue weighted by atomic mass is 9.91. The number of nitrogens with zero attached hydrogens (tertiary/aromatic N) is 4. The Kier molecular flexibility index (Phi) is 6.40. The summed E-state index contributed by atoms with van der Waals surface area (Å²) < 4.78 is 74.7. The van der Waals surface area contributed by atoms with Crippen molar-refractivity contribution in [3.05, 3.63) is 35.4 Å². The number of imidazole rings is 1. The maximum Gasteiger partial charge on any atom is 0.418 e. The third-order valence-electron chi connectivity index (χ3n) is 5.80. The summed E-state index contributed by atoms with van der Waals surface area (Å²) in [4.78, 5) is 7.93. The molecule has 0 saturated carbocycles. The van der Waals surface area contributed by atoms with E-state index in [2.05, 4.69) is 15.3 Å². The molecule has 32 heavy (non-hydrogen) atoms. The Morgan fingerprint density at radius 1 is 1.25 bits per heavy atom. The number of aryl methyl sites for hydroxylation is 1. The van der Waals surface area contributed by atoms with Crippen molar-refractivity contribution in [1.82, 2.24) is 18.8 Å². The topological polar surface area (TPSA) is 89.4 Å². The number of pyridine rings is 1. The number of halogens is 4. The summed E-state index contributed by atoms with van der Waals surface area (Å²) in [5.41, 5.74) is -1.00. The Morgan fingerprint density at radius 3 is 2.66 bits per heavy atom. The molecule has 2 aromatic rings. The van der Waals surface area contributed by atoms with Crippen LogP contribution < -0.4 is 5.32 Å². The number of hydrogen-bond donors (Lipinski definition) is 1. The van der Waals surface area contributed by atoms with Crippen LogP contribution in [-0.2, 0) is 28.0 Å². The van der Waals surface area contributed by atoms with E-state index in [1.807, 2.05) is 0 Å². The highest BCUT2D eigenvalue weighted by Crippen LogP contribution is 2.37. The summed E-state index contributed by atoms with van der Waals surface area (Å²) in [5.74, 6) is -0.287. The molecule has 2 aliphatic rings. The number of nitrogens with one attached hydrogen (secondary N) is 1. The Bertz CT molecular complexity index is 1070. The van der Waals surface area contributed by atoms with Gasteiger partial charge in [-0.25, -0.2) is 18.4 Å². The highest BCUT2D eigenvalue weighted by molar-refractivity contribution is 7.89. The van der Waals surface area contributed by atoms with Crippen molar-refractivity contribution in [2.75, 3.05) is 25.0 Å². The van der Waals surface area contributed by atoms with Gasteiger partial charge in [-0.3, -0.25) is 0 Å². The van der Waals surface area contributed by atoms with Gasteiger partial charge in [0.2, 0.25) is 0 Å². The summed E-state index contributed by atoms with van der Waals surface area (Å²) in [6.07, 6.45) is 1.53. The fourth-order valence-electron chi connectivity index (χ4n) is 4.20. The predicted molar refractivity (Wildman–Crippen MR) is 111 cm³/mol. The van der Waals surface area contributed by atoms with E-state index >= 15 is 0 Å². The second-order valence-electron chi connectivity index (χ2n) is 8.07. The molecule has 0 aromatic carbocycles. The maximum atomic E-state index is 13.3. The molecule has 2 aliphatic heterocycles. The van der Waals surface area contributed by atoms with E-state index in [9.17, 15) is 21.6 Å². The van der Waals surface area contributed by atoms with Crippen molar-refractivity contribution in [3.8, 4) is 0 Å². The van der Waals surface area contributed by atoms with Crippen LogP contribution in [0.25, 0.3) is 0 Å². The smallest absolute Gasteiger partial charge is 0.378 e. The summed E-state index contributed by atoms with van der Waals surface area (Å²) in [6, 6.07) is 0.350. The molecule has 8 nitrogen and oxygen atoms in total. The second kappa shape index (κ2) is 8.81. The molecule has 0 radical (unpaired) electrons. The third kappa shape index (κ3) is 4.73. The molecule has 0 bridgehead atoms. The van der Waals surface area contributed by atoms with Crippen LogP contribution in [0.2, 0.25) is 5.02 Å². The van der Waals surface area contributed by atoms with Crippen LogP contribution in [0, 0.1) is 5.92 Å². The van der Waals surface area contributed by atoms with E-state index in [-0.39, 0.29) is 36.0 Å². The minimum absolute atomic E-state index is 0.0235. The normalized spacial score (nSPS) is 25.2. The highest BCUT2D eigenvalue weighted by Gasteiger charge is 2.44. The largest absolute Gasteiger partial charge is 0.418 e. The van der Waals surface area contributed by atoms with Crippen molar-refractivity contribution < 1.29 is 26.3 Å². The quantitative estimate of drug-likeness (QED) is 0.688. The van der Waals surface area contributed by atoms with Gasteiger partial charge in [0.15, 0.2) is 5.03 Å². The fraction of sp³-hybridized carbons (Fsp3) is 0.579. The molecule has 2 saturated heterocycles. The van der Waals surface area contributed by atoms with Crippen LogP contribution in [0.3, 0.4) is 0 Å². The van der Waals surface area contributed by atoms with Gasteiger partial charge < -0.3 is 14.6 Å². The van der Waals surface area contributed by atoms with Gasteiger partial charge in [-0.1, -0.05) is 11.6 Å². The van der Waals surface area contributed by atoms with Gasteiger partial charge >= 0.3 is 6.18 Å². The fourth-order valence-corrected chi connectivity index (χ4v) is 5.88. The lowest BCUT2D eigenvalue weighted by molar-refractivity contribution is -0.137. The predicted octanol–water partition coefficient (Wildman–Crippen LogP) is 3.16. The standard InChI is InChI=1S/C19H23ClF3N5O3S/c1-27-10-18(25-11-27)32(29,30)28-8-12(16-4-2-3-5-31-16)15(9-28)26-17-6-13(19(21,22)23)14(20)7-24-17/h6-7,10-12,15-16H,2-5,8-9H2,1H3,(H,24,26). The summed E-state index contributed by atoms with van der Waals surface area (Å²) in [5, 5.41) is 2.43. The van der Waals surface area contributed by atoms with Gasteiger partial charge in [0.25, 0.3) is 10.0 Å². The lowest BCUT2D eigenvalue weighted by Gasteiger charge is -2.31. The Labute approximate surface area is 188 Å². The van der Waals surface area contributed by atoms with Crippen LogP contribution in [0.15, 0.2) is 29.8 Å². The molecule has 0 spiro atoms. The number of alkyl halides is 3. The zero-order valence-corrected chi connectivity index (χ0v) is 18.8. The molecule has 4 rings (SSSR count). The summed E-state index contributed by atoms with van der Waals surface area (Å²) >= 11 is 5.67. The molecule has 0 amide bonds. The molecule has 1 N–H and O–H groups in total. The van der Waals surface area contributed by atoms with Crippen LogP contribution >= 0.6 is 11.6 Å². The molecule has 3 atom stereocenters. The minimum atomic E-state index is -4.63. The average Bonchev–Trinajstić information content (AvgIpc) is 3.36. The van der Waals surface area contributed by atoms with Crippen molar-refractivity contribution in [2.24, 2.45) is 13.0 Å². The van der Waals surface area contributed by atoms with Crippen molar-refractivity contribution in [3.63, 3.8) is 0 Å². The monoisotopic (exact) mass is 493 g/mol. The van der Waals surface area contributed by atoms with E-state index in [1.165, 1.54) is 21.4 Å². The van der Waals surface area contributed by atoms with Gasteiger partial charge in [0, 0.05) is 51.1 Å². The molecule has 2 aromatic heterocycles. The van der Waals surface area contributed by atoms with Gasteiger partial charge in [0.1, 0.15) is 5.82 Å². The Morgan fingerprint density at radius 2 is 2.03 bits per heavy atom. The van der Waals surface area contributed by atoms with E-state index in [1.54, 1.807) is 7.05 Å². The van der Waals surface area contributed by atoms with E-state index in [4.69, 9.17) is 16.3 Å². The minimum Gasteiger partial charge on any atom is -0.378 e. The number of hydrogen-bond acceptors (Lipinski definition) is 6. The zero-order valence-electron chi connectivity index (χ0n) is 17.2.